The largest absolute Gasteiger partial charge is 0.490 e. The van der Waals surface area contributed by atoms with E-state index in [0.717, 1.165) is 54.2 Å². The Bertz CT molecular complexity index is 842. The first kappa shape index (κ1) is 20.7. The third-order valence-corrected chi connectivity index (χ3v) is 10.2. The van der Waals surface area contributed by atoms with E-state index in [1.165, 1.54) is 19.3 Å². The van der Waals surface area contributed by atoms with Crippen molar-refractivity contribution in [3.63, 3.8) is 0 Å². The van der Waals surface area contributed by atoms with Crippen LogP contribution in [0.5, 0.6) is 5.75 Å². The van der Waals surface area contributed by atoms with Gasteiger partial charge in [0.25, 0.3) is 0 Å². The number of piperidine rings is 1. The summed E-state index contributed by atoms with van der Waals surface area (Å²) >= 11 is 6.21. The quantitative estimate of drug-likeness (QED) is 0.560. The van der Waals surface area contributed by atoms with Crippen LogP contribution < -0.4 is 4.74 Å². The molecule has 4 heteroatoms. The summed E-state index contributed by atoms with van der Waals surface area (Å²) in [6.45, 7) is 7.45. The van der Waals surface area contributed by atoms with Crippen molar-refractivity contribution in [2.24, 2.45) is 34.5 Å². The van der Waals surface area contributed by atoms with Gasteiger partial charge in [0.1, 0.15) is 11.9 Å². The third-order valence-electron chi connectivity index (χ3n) is 9.92. The van der Waals surface area contributed by atoms with Gasteiger partial charge in [-0.2, -0.15) is 0 Å². The Hall–Kier alpha value is -1.22. The number of benzene rings is 1. The van der Waals surface area contributed by atoms with Crippen molar-refractivity contribution >= 4 is 17.5 Å². The average molecular weight is 430 g/mol. The van der Waals surface area contributed by atoms with E-state index in [1.807, 2.05) is 24.3 Å². The number of carbonyl (C=O) groups is 1. The summed E-state index contributed by atoms with van der Waals surface area (Å²) in [7, 11) is 2.05. The molecule has 1 aliphatic heterocycles. The lowest BCUT2D eigenvalue weighted by Gasteiger charge is -2.63. The zero-order valence-electron chi connectivity index (χ0n) is 18.9. The maximum atomic E-state index is 12.4. The number of nitrogens with zero attached hydrogens (tertiary/aromatic N) is 1. The van der Waals surface area contributed by atoms with Gasteiger partial charge >= 0.3 is 0 Å². The molecule has 3 saturated carbocycles. The number of fused-ring (bicyclic) bond motifs is 5. The zero-order chi connectivity index (χ0) is 21.3. The summed E-state index contributed by atoms with van der Waals surface area (Å²) < 4.78 is 6.57. The van der Waals surface area contributed by atoms with Gasteiger partial charge in [-0.25, -0.2) is 0 Å². The molecular weight excluding hydrogens is 394 g/mol. The highest BCUT2D eigenvalue weighted by molar-refractivity contribution is 6.30. The van der Waals surface area contributed by atoms with Crippen LogP contribution in [0.2, 0.25) is 5.02 Å². The molecule has 1 aromatic rings. The van der Waals surface area contributed by atoms with Crippen LogP contribution in [0.4, 0.5) is 0 Å². The van der Waals surface area contributed by atoms with Gasteiger partial charge in [0.05, 0.1) is 0 Å². The molecule has 3 nitrogen and oxygen atoms in total. The van der Waals surface area contributed by atoms with Crippen LogP contribution in [0, 0.1) is 34.5 Å². The standard InChI is InChI=1S/C26H36ClNO2/c1-16-14-21-25(2,13-11-23(29)28(21)4)20-10-12-26(3)19(24(16)20)8-9-22(26)30-18-7-5-6-17(27)15-18/h5-7,15-16,19-22,24H,8-14H2,1-4H3/t16?,19-,20+,21?,22?,24-,25+,26-/m0/s1. The zero-order valence-corrected chi connectivity index (χ0v) is 19.6. The van der Waals surface area contributed by atoms with Crippen molar-refractivity contribution < 1.29 is 9.53 Å². The Morgan fingerprint density at radius 3 is 2.63 bits per heavy atom. The molecule has 3 aliphatic carbocycles. The molecule has 1 amide bonds. The number of hydrogen-bond acceptors (Lipinski definition) is 2. The number of amides is 1. The molecule has 0 radical (unpaired) electrons. The van der Waals surface area contributed by atoms with Gasteiger partial charge in [0, 0.05) is 29.9 Å². The molecule has 5 rings (SSSR count). The summed E-state index contributed by atoms with van der Waals surface area (Å²) in [5.41, 5.74) is 0.504. The Morgan fingerprint density at radius 2 is 1.87 bits per heavy atom. The smallest absolute Gasteiger partial charge is 0.222 e. The minimum Gasteiger partial charge on any atom is -0.490 e. The monoisotopic (exact) mass is 429 g/mol. The van der Waals surface area contributed by atoms with Gasteiger partial charge in [-0.3, -0.25) is 4.79 Å². The van der Waals surface area contributed by atoms with Crippen LogP contribution >= 0.6 is 11.6 Å². The molecule has 4 aliphatic rings. The molecule has 1 aromatic carbocycles. The maximum Gasteiger partial charge on any atom is 0.222 e. The molecule has 3 unspecified atom stereocenters. The van der Waals surface area contributed by atoms with Crippen molar-refractivity contribution in [2.45, 2.75) is 77.9 Å². The van der Waals surface area contributed by atoms with Crippen LogP contribution in [-0.4, -0.2) is 30.0 Å². The molecule has 4 fully saturated rings. The van der Waals surface area contributed by atoms with Crippen molar-refractivity contribution in [3.05, 3.63) is 29.3 Å². The maximum absolute atomic E-state index is 12.4. The molecule has 30 heavy (non-hydrogen) atoms. The fourth-order valence-corrected chi connectivity index (χ4v) is 8.49. The highest BCUT2D eigenvalue weighted by Crippen LogP contribution is 2.66. The number of carbonyl (C=O) groups excluding carboxylic acids is 1. The Kier molecular flexibility index (Phi) is 4.93. The van der Waals surface area contributed by atoms with E-state index < -0.39 is 0 Å². The van der Waals surface area contributed by atoms with Gasteiger partial charge in [0.15, 0.2) is 0 Å². The van der Waals surface area contributed by atoms with Gasteiger partial charge in [-0.05, 0) is 85.8 Å². The minimum absolute atomic E-state index is 0.233. The summed E-state index contributed by atoms with van der Waals surface area (Å²) in [5.74, 6) is 4.11. The lowest BCUT2D eigenvalue weighted by Crippen LogP contribution is -2.63. The highest BCUT2D eigenvalue weighted by atomic mass is 35.5. The number of rotatable bonds is 2. The van der Waals surface area contributed by atoms with Gasteiger partial charge in [-0.15, -0.1) is 0 Å². The number of halogens is 1. The third kappa shape index (κ3) is 2.94. The predicted molar refractivity (Wildman–Crippen MR) is 121 cm³/mol. The van der Waals surface area contributed by atoms with E-state index in [2.05, 4.69) is 32.7 Å². The fraction of sp³-hybridized carbons (Fsp3) is 0.731. The molecular formula is C26H36ClNO2. The van der Waals surface area contributed by atoms with E-state index in [1.54, 1.807) is 0 Å². The SMILES string of the molecule is CC1CC2N(C)C(=O)CC[C@]2(C)[C@@H]2CC[C@]3(C)C(Oc4cccc(Cl)c4)CC[C@H]3[C@H]12. The summed E-state index contributed by atoms with van der Waals surface area (Å²) in [4.78, 5) is 14.5. The predicted octanol–water partition coefficient (Wildman–Crippen LogP) is 6.20. The van der Waals surface area contributed by atoms with Crippen molar-refractivity contribution in [3.8, 4) is 5.75 Å². The first-order chi connectivity index (χ1) is 14.2. The van der Waals surface area contributed by atoms with Gasteiger partial charge in [0.2, 0.25) is 5.91 Å². The first-order valence-electron chi connectivity index (χ1n) is 11.9. The Labute approximate surface area is 186 Å². The van der Waals surface area contributed by atoms with Crippen LogP contribution in [-0.2, 0) is 4.79 Å². The van der Waals surface area contributed by atoms with E-state index in [-0.39, 0.29) is 16.9 Å². The van der Waals surface area contributed by atoms with E-state index in [0.29, 0.717) is 17.9 Å². The van der Waals surface area contributed by atoms with Gasteiger partial charge in [-0.1, -0.05) is 38.4 Å². The molecule has 0 N–H and O–H groups in total. The van der Waals surface area contributed by atoms with Gasteiger partial charge < -0.3 is 9.64 Å². The Balaban J connectivity index is 1.42. The summed E-state index contributed by atoms with van der Waals surface area (Å²) in [6, 6.07) is 8.30. The molecule has 1 saturated heterocycles. The normalized spacial score (nSPS) is 45.5. The van der Waals surface area contributed by atoms with E-state index >= 15 is 0 Å². The molecule has 164 valence electrons. The Morgan fingerprint density at radius 1 is 1.10 bits per heavy atom. The average Bonchev–Trinajstić information content (AvgIpc) is 3.03. The van der Waals surface area contributed by atoms with E-state index in [4.69, 9.17) is 16.3 Å². The summed E-state index contributed by atoms with van der Waals surface area (Å²) in [5, 5.41) is 0.742. The molecule has 0 spiro atoms. The second kappa shape index (κ2) is 7.15. The molecule has 1 heterocycles. The lowest BCUT2D eigenvalue weighted by molar-refractivity contribution is -0.168. The number of ether oxygens (including phenoxy) is 1. The second-order valence-corrected chi connectivity index (χ2v) is 11.7. The van der Waals surface area contributed by atoms with E-state index in [9.17, 15) is 4.79 Å². The summed E-state index contributed by atoms with van der Waals surface area (Å²) in [6.07, 6.45) is 8.14. The second-order valence-electron chi connectivity index (χ2n) is 11.2. The van der Waals surface area contributed by atoms with Crippen LogP contribution in [0.1, 0.15) is 65.7 Å². The molecule has 0 aromatic heterocycles. The van der Waals surface area contributed by atoms with Crippen LogP contribution in [0.25, 0.3) is 0 Å². The topological polar surface area (TPSA) is 29.5 Å². The number of hydrogen-bond donors (Lipinski definition) is 0. The minimum atomic E-state index is 0.233. The molecule has 0 bridgehead atoms. The van der Waals surface area contributed by atoms with Crippen LogP contribution in [0.3, 0.4) is 0 Å². The first-order valence-corrected chi connectivity index (χ1v) is 12.3. The number of likely N-dealkylation sites (tertiary alicyclic amines) is 1. The van der Waals surface area contributed by atoms with Crippen molar-refractivity contribution in [2.75, 3.05) is 7.05 Å². The highest BCUT2D eigenvalue weighted by Gasteiger charge is 2.63. The van der Waals surface area contributed by atoms with Crippen molar-refractivity contribution in [1.29, 1.82) is 0 Å². The molecule has 8 atom stereocenters. The fourth-order valence-electron chi connectivity index (χ4n) is 8.31. The van der Waals surface area contributed by atoms with Crippen molar-refractivity contribution in [1.82, 2.24) is 4.90 Å². The van der Waals surface area contributed by atoms with Crippen LogP contribution in [0.15, 0.2) is 24.3 Å². The lowest BCUT2D eigenvalue weighted by atomic mass is 9.45.